The molecule has 112 valence electrons. The van der Waals surface area contributed by atoms with Crippen molar-refractivity contribution in [3.63, 3.8) is 0 Å². The molecular weight excluding hydrogens is 284 g/mol. The number of β-lactam (4-membered cyclic amide) rings is 1. The predicted octanol–water partition coefficient (Wildman–Crippen LogP) is 4.03. The van der Waals surface area contributed by atoms with Gasteiger partial charge in [0.05, 0.1) is 5.92 Å². The predicted molar refractivity (Wildman–Crippen MR) is 82.3 cm³/mol. The van der Waals surface area contributed by atoms with Crippen molar-refractivity contribution in [2.75, 3.05) is 11.4 Å². The Bertz CT molecular complexity index is 692. The van der Waals surface area contributed by atoms with Gasteiger partial charge in [0.2, 0.25) is 5.91 Å². The van der Waals surface area contributed by atoms with Crippen LogP contribution in [0.25, 0.3) is 6.08 Å². The van der Waals surface area contributed by atoms with Gasteiger partial charge >= 0.3 is 0 Å². The summed E-state index contributed by atoms with van der Waals surface area (Å²) in [5, 5.41) is 0. The van der Waals surface area contributed by atoms with E-state index in [1.165, 1.54) is 24.3 Å². The molecule has 0 spiro atoms. The van der Waals surface area contributed by atoms with E-state index in [2.05, 4.69) is 0 Å². The Morgan fingerprint density at radius 1 is 1.00 bits per heavy atom. The van der Waals surface area contributed by atoms with Gasteiger partial charge in [0.25, 0.3) is 0 Å². The molecule has 1 amide bonds. The maximum absolute atomic E-state index is 12.9. The molecule has 0 aromatic heterocycles. The van der Waals surface area contributed by atoms with Crippen LogP contribution in [0.2, 0.25) is 0 Å². The fourth-order valence-corrected chi connectivity index (χ4v) is 2.47. The van der Waals surface area contributed by atoms with Gasteiger partial charge in [-0.15, -0.1) is 0 Å². The zero-order valence-electron chi connectivity index (χ0n) is 11.9. The Morgan fingerprint density at radius 3 is 2.18 bits per heavy atom. The topological polar surface area (TPSA) is 20.3 Å². The number of benzene rings is 2. The summed E-state index contributed by atoms with van der Waals surface area (Å²) in [6.07, 6.45) is 4.46. The van der Waals surface area contributed by atoms with E-state index < -0.39 is 0 Å². The van der Waals surface area contributed by atoms with Crippen LogP contribution in [0.15, 0.2) is 54.6 Å². The maximum atomic E-state index is 12.9. The Balaban J connectivity index is 1.54. The number of carbonyl (C=O) groups excluding carboxylic acids is 1. The summed E-state index contributed by atoms with van der Waals surface area (Å²) in [7, 11) is 0. The second-order valence-corrected chi connectivity index (χ2v) is 5.31. The first kappa shape index (κ1) is 14.4. The molecule has 2 aromatic carbocycles. The second kappa shape index (κ2) is 6.10. The molecule has 1 atom stereocenters. The summed E-state index contributed by atoms with van der Waals surface area (Å²) in [6.45, 7) is 0.637. The van der Waals surface area contributed by atoms with E-state index in [9.17, 15) is 13.6 Å². The lowest BCUT2D eigenvalue weighted by Gasteiger charge is -2.38. The van der Waals surface area contributed by atoms with E-state index in [-0.39, 0.29) is 23.5 Å². The number of hydrogen-bond donors (Lipinski definition) is 0. The van der Waals surface area contributed by atoms with E-state index in [1.807, 2.05) is 12.2 Å². The number of rotatable bonds is 4. The second-order valence-electron chi connectivity index (χ2n) is 5.31. The van der Waals surface area contributed by atoms with Crippen molar-refractivity contribution in [1.82, 2.24) is 0 Å². The van der Waals surface area contributed by atoms with Crippen molar-refractivity contribution in [1.29, 1.82) is 0 Å². The van der Waals surface area contributed by atoms with Crippen molar-refractivity contribution >= 4 is 17.7 Å². The number of carbonyl (C=O) groups is 1. The highest BCUT2D eigenvalue weighted by molar-refractivity contribution is 6.01. The number of amides is 1. The molecule has 0 bridgehead atoms. The van der Waals surface area contributed by atoms with Crippen molar-refractivity contribution in [2.24, 2.45) is 5.92 Å². The molecule has 2 nitrogen and oxygen atoms in total. The molecule has 0 aliphatic carbocycles. The number of halogens is 2. The molecule has 1 unspecified atom stereocenters. The van der Waals surface area contributed by atoms with Gasteiger partial charge in [-0.25, -0.2) is 8.78 Å². The van der Waals surface area contributed by atoms with Gasteiger partial charge in [-0.05, 0) is 48.4 Å². The van der Waals surface area contributed by atoms with Crippen LogP contribution in [0.3, 0.4) is 0 Å². The molecule has 0 N–H and O–H groups in total. The Labute approximate surface area is 127 Å². The summed E-state index contributed by atoms with van der Waals surface area (Å²) in [5.74, 6) is -0.561. The van der Waals surface area contributed by atoms with Gasteiger partial charge in [-0.3, -0.25) is 4.79 Å². The van der Waals surface area contributed by atoms with Gasteiger partial charge < -0.3 is 4.90 Å². The quantitative estimate of drug-likeness (QED) is 0.781. The molecule has 0 saturated carbocycles. The third-order valence-corrected chi connectivity index (χ3v) is 3.76. The van der Waals surface area contributed by atoms with Crippen molar-refractivity contribution < 1.29 is 13.6 Å². The molecule has 0 radical (unpaired) electrons. The minimum Gasteiger partial charge on any atom is -0.311 e. The standard InChI is InChI=1S/C18H15F2NO/c19-15-6-4-13(5-7-15)2-1-3-14-12-21(18(14)22)17-10-8-16(20)9-11-17/h1-2,4-11,14H,3,12H2. The number of allylic oxidation sites excluding steroid dienone is 1. The van der Waals surface area contributed by atoms with E-state index in [0.717, 1.165) is 11.3 Å². The van der Waals surface area contributed by atoms with Crippen molar-refractivity contribution in [3.05, 3.63) is 71.8 Å². The highest BCUT2D eigenvalue weighted by Crippen LogP contribution is 2.28. The molecule has 22 heavy (non-hydrogen) atoms. The minimum absolute atomic E-state index is 0.0400. The van der Waals surface area contributed by atoms with Crippen LogP contribution in [0, 0.1) is 17.6 Å². The smallest absolute Gasteiger partial charge is 0.232 e. The van der Waals surface area contributed by atoms with Crippen molar-refractivity contribution in [3.8, 4) is 0 Å². The van der Waals surface area contributed by atoms with Crippen LogP contribution in [0.1, 0.15) is 12.0 Å². The Morgan fingerprint density at radius 2 is 1.59 bits per heavy atom. The molecule has 1 saturated heterocycles. The zero-order valence-corrected chi connectivity index (χ0v) is 11.9. The lowest BCUT2D eigenvalue weighted by Crippen LogP contribution is -2.52. The summed E-state index contributed by atoms with van der Waals surface area (Å²) < 4.78 is 25.6. The Hall–Kier alpha value is -2.49. The summed E-state index contributed by atoms with van der Waals surface area (Å²) in [5.41, 5.74) is 1.63. The van der Waals surface area contributed by atoms with Crippen LogP contribution < -0.4 is 4.90 Å². The van der Waals surface area contributed by atoms with Gasteiger partial charge in [0.1, 0.15) is 11.6 Å². The number of hydrogen-bond acceptors (Lipinski definition) is 1. The first-order valence-electron chi connectivity index (χ1n) is 7.12. The van der Waals surface area contributed by atoms with Crippen molar-refractivity contribution in [2.45, 2.75) is 6.42 Å². The zero-order chi connectivity index (χ0) is 15.5. The molecule has 1 aliphatic heterocycles. The minimum atomic E-state index is -0.310. The SMILES string of the molecule is O=C1C(CC=Cc2ccc(F)cc2)CN1c1ccc(F)cc1. The lowest BCUT2D eigenvalue weighted by molar-refractivity contribution is -0.127. The molecule has 1 heterocycles. The monoisotopic (exact) mass is 299 g/mol. The van der Waals surface area contributed by atoms with Crippen LogP contribution in [0.4, 0.5) is 14.5 Å². The first-order valence-corrected chi connectivity index (χ1v) is 7.12. The molecule has 3 rings (SSSR count). The highest BCUT2D eigenvalue weighted by Gasteiger charge is 2.36. The Kier molecular flexibility index (Phi) is 4.00. The highest BCUT2D eigenvalue weighted by atomic mass is 19.1. The molecule has 4 heteroatoms. The summed E-state index contributed by atoms with van der Waals surface area (Å²) >= 11 is 0. The molecule has 1 aliphatic rings. The van der Waals surface area contributed by atoms with Crippen LogP contribution in [-0.4, -0.2) is 12.5 Å². The maximum Gasteiger partial charge on any atom is 0.232 e. The third-order valence-electron chi connectivity index (χ3n) is 3.76. The van der Waals surface area contributed by atoms with E-state index >= 15 is 0 Å². The van der Waals surface area contributed by atoms with Gasteiger partial charge in [-0.1, -0.05) is 24.3 Å². The molecule has 2 aromatic rings. The summed E-state index contributed by atoms with van der Waals surface area (Å²) in [4.78, 5) is 13.7. The van der Waals surface area contributed by atoms with Gasteiger partial charge in [-0.2, -0.15) is 0 Å². The first-order chi connectivity index (χ1) is 10.6. The number of nitrogens with zero attached hydrogens (tertiary/aromatic N) is 1. The van der Waals surface area contributed by atoms with Crippen LogP contribution in [0.5, 0.6) is 0 Å². The van der Waals surface area contributed by atoms with Crippen LogP contribution >= 0.6 is 0 Å². The van der Waals surface area contributed by atoms with Crippen LogP contribution in [-0.2, 0) is 4.79 Å². The normalized spacial score (nSPS) is 17.8. The third kappa shape index (κ3) is 3.06. The lowest BCUT2D eigenvalue weighted by atomic mass is 9.93. The average Bonchev–Trinajstić information content (AvgIpc) is 2.53. The molecule has 1 fully saturated rings. The number of anilines is 1. The van der Waals surface area contributed by atoms with Gasteiger partial charge in [0.15, 0.2) is 0 Å². The van der Waals surface area contributed by atoms with E-state index in [4.69, 9.17) is 0 Å². The average molecular weight is 299 g/mol. The van der Waals surface area contributed by atoms with Gasteiger partial charge in [0, 0.05) is 12.2 Å². The van der Waals surface area contributed by atoms with E-state index in [0.29, 0.717) is 13.0 Å². The van der Waals surface area contributed by atoms with E-state index in [1.54, 1.807) is 29.2 Å². The fourth-order valence-electron chi connectivity index (χ4n) is 2.47. The molecular formula is C18H15F2NO. The largest absolute Gasteiger partial charge is 0.311 e. The summed E-state index contributed by atoms with van der Waals surface area (Å²) in [6, 6.07) is 12.1. The fraction of sp³-hybridized carbons (Fsp3) is 0.167.